The van der Waals surface area contributed by atoms with Crippen LogP contribution in [-0.4, -0.2) is 27.8 Å². The number of nitrogens with zero attached hydrogens (tertiary/aromatic N) is 2. The Morgan fingerprint density at radius 2 is 1.80 bits per heavy atom. The third-order valence-electron chi connectivity index (χ3n) is 4.49. The smallest absolute Gasteiger partial charge is 0.272 e. The predicted octanol–water partition coefficient (Wildman–Crippen LogP) is 1.03. The summed E-state index contributed by atoms with van der Waals surface area (Å²) in [6.45, 7) is 0. The van der Waals surface area contributed by atoms with Crippen LogP contribution in [0.2, 0.25) is 0 Å². The predicted molar refractivity (Wildman–Crippen MR) is 71.9 cm³/mol. The van der Waals surface area contributed by atoms with Crippen LogP contribution in [0.15, 0.2) is 12.4 Å². The number of amides is 2. The fourth-order valence-electron chi connectivity index (χ4n) is 3.27. The van der Waals surface area contributed by atoms with Crippen molar-refractivity contribution in [2.24, 2.45) is 11.1 Å². The zero-order chi connectivity index (χ0) is 14.2. The third kappa shape index (κ3) is 2.26. The average molecular weight is 274 g/mol. The number of hydrogen-bond donors (Lipinski definition) is 2. The zero-order valence-corrected chi connectivity index (χ0v) is 11.3. The van der Waals surface area contributed by atoms with Crippen molar-refractivity contribution < 1.29 is 9.59 Å². The van der Waals surface area contributed by atoms with Gasteiger partial charge in [-0.05, 0) is 24.7 Å². The molecule has 1 heterocycles. The lowest BCUT2D eigenvalue weighted by molar-refractivity contribution is 0.0919. The van der Waals surface area contributed by atoms with Gasteiger partial charge in [-0.2, -0.15) is 0 Å². The number of carbonyl (C=O) groups excluding carboxylic acids is 2. The Bertz CT molecular complexity index is 552. The van der Waals surface area contributed by atoms with E-state index in [1.54, 1.807) is 0 Å². The molecule has 1 unspecified atom stereocenters. The normalized spacial score (nSPS) is 23.3. The van der Waals surface area contributed by atoms with E-state index in [2.05, 4.69) is 15.3 Å². The quantitative estimate of drug-likeness (QED) is 0.860. The van der Waals surface area contributed by atoms with Gasteiger partial charge in [0.1, 0.15) is 0 Å². The number of nitrogens with one attached hydrogen (secondary N) is 1. The minimum atomic E-state index is -0.730. The van der Waals surface area contributed by atoms with Gasteiger partial charge < -0.3 is 11.1 Å². The van der Waals surface area contributed by atoms with E-state index in [4.69, 9.17) is 5.73 Å². The number of hydrogen-bond acceptors (Lipinski definition) is 4. The largest absolute Gasteiger partial charge is 0.364 e. The molecule has 1 aromatic heterocycles. The highest BCUT2D eigenvalue weighted by atomic mass is 16.2. The lowest BCUT2D eigenvalue weighted by Gasteiger charge is -2.22. The molecule has 106 valence electrons. The molecule has 0 saturated heterocycles. The second-order valence-electron chi connectivity index (χ2n) is 5.77. The molecular weight excluding hydrogens is 256 g/mol. The zero-order valence-electron chi connectivity index (χ0n) is 11.3. The van der Waals surface area contributed by atoms with Crippen LogP contribution < -0.4 is 11.1 Å². The molecule has 0 aromatic carbocycles. The van der Waals surface area contributed by atoms with E-state index >= 15 is 0 Å². The molecule has 20 heavy (non-hydrogen) atoms. The lowest BCUT2D eigenvalue weighted by atomic mass is 9.86. The Morgan fingerprint density at radius 1 is 1.15 bits per heavy atom. The summed E-state index contributed by atoms with van der Waals surface area (Å²) in [5, 5.41) is 2.98. The van der Waals surface area contributed by atoms with Crippen LogP contribution >= 0.6 is 0 Å². The van der Waals surface area contributed by atoms with Gasteiger partial charge in [0.05, 0.1) is 0 Å². The Kier molecular flexibility index (Phi) is 3.16. The lowest BCUT2D eigenvalue weighted by Crippen LogP contribution is -2.33. The minimum absolute atomic E-state index is 0.0258. The maximum atomic E-state index is 12.2. The summed E-state index contributed by atoms with van der Waals surface area (Å²) in [7, 11) is 0. The Balaban J connectivity index is 1.70. The summed E-state index contributed by atoms with van der Waals surface area (Å²) in [5.74, 6) is -1.08. The Labute approximate surface area is 117 Å². The van der Waals surface area contributed by atoms with E-state index < -0.39 is 5.91 Å². The third-order valence-corrected chi connectivity index (χ3v) is 4.49. The van der Waals surface area contributed by atoms with E-state index in [9.17, 15) is 9.59 Å². The van der Waals surface area contributed by atoms with Gasteiger partial charge >= 0.3 is 0 Å². The van der Waals surface area contributed by atoms with Gasteiger partial charge in [0.25, 0.3) is 11.8 Å². The summed E-state index contributed by atoms with van der Waals surface area (Å²) in [6.07, 6.45) is 9.92. The van der Waals surface area contributed by atoms with Crippen molar-refractivity contribution in [3.63, 3.8) is 0 Å². The maximum absolute atomic E-state index is 12.2. The van der Waals surface area contributed by atoms with Gasteiger partial charge in [0, 0.05) is 18.4 Å². The van der Waals surface area contributed by atoms with Gasteiger partial charge in [-0.3, -0.25) is 9.59 Å². The molecule has 1 spiro atoms. The molecule has 1 atom stereocenters. The standard InChI is InChI=1S/C14H18N4O2/c15-12(19)10-11(17-7-6-16-10)13(20)18-9-8-14(9)4-2-1-3-5-14/h6-7,9H,1-5,8H2,(H2,15,19)(H,18,20). The number of rotatable bonds is 3. The highest BCUT2D eigenvalue weighted by molar-refractivity contribution is 6.04. The fraction of sp³-hybridized carbons (Fsp3) is 0.571. The molecule has 2 amide bonds. The first kappa shape index (κ1) is 13.0. The van der Waals surface area contributed by atoms with Crippen LogP contribution in [-0.2, 0) is 0 Å². The van der Waals surface area contributed by atoms with E-state index in [0.717, 1.165) is 6.42 Å². The molecule has 6 nitrogen and oxygen atoms in total. The van der Waals surface area contributed by atoms with Crippen molar-refractivity contribution in [1.29, 1.82) is 0 Å². The van der Waals surface area contributed by atoms with Crippen molar-refractivity contribution in [2.45, 2.75) is 44.6 Å². The van der Waals surface area contributed by atoms with Crippen LogP contribution in [0.4, 0.5) is 0 Å². The van der Waals surface area contributed by atoms with E-state index in [-0.39, 0.29) is 23.3 Å². The summed E-state index contributed by atoms with van der Waals surface area (Å²) in [5.41, 5.74) is 5.47. The van der Waals surface area contributed by atoms with E-state index in [1.807, 2.05) is 0 Å². The van der Waals surface area contributed by atoms with Gasteiger partial charge in [-0.15, -0.1) is 0 Å². The van der Waals surface area contributed by atoms with Gasteiger partial charge in [-0.25, -0.2) is 9.97 Å². The first-order valence-electron chi connectivity index (χ1n) is 7.04. The van der Waals surface area contributed by atoms with E-state index in [1.165, 1.54) is 44.5 Å². The molecule has 2 aliphatic rings. The number of nitrogens with two attached hydrogens (primary N) is 1. The summed E-state index contributed by atoms with van der Waals surface area (Å²) in [6, 6.07) is 0.207. The van der Waals surface area contributed by atoms with Gasteiger partial charge in [0.15, 0.2) is 11.4 Å². The van der Waals surface area contributed by atoms with Crippen molar-refractivity contribution >= 4 is 11.8 Å². The summed E-state index contributed by atoms with van der Waals surface area (Å²) < 4.78 is 0. The molecule has 0 bridgehead atoms. The highest BCUT2D eigenvalue weighted by Crippen LogP contribution is 2.56. The average Bonchev–Trinajstić information content (AvgIpc) is 3.10. The molecule has 0 radical (unpaired) electrons. The molecule has 2 saturated carbocycles. The number of carbonyl (C=O) groups is 2. The molecule has 2 fully saturated rings. The van der Waals surface area contributed by atoms with Crippen molar-refractivity contribution in [3.8, 4) is 0 Å². The monoisotopic (exact) mass is 274 g/mol. The van der Waals surface area contributed by atoms with Gasteiger partial charge in [-0.1, -0.05) is 19.3 Å². The second-order valence-corrected chi connectivity index (χ2v) is 5.77. The number of aromatic nitrogens is 2. The SMILES string of the molecule is NC(=O)c1nccnc1C(=O)NC1CC12CCCCC2. The molecule has 3 N–H and O–H groups in total. The number of primary amides is 1. The molecule has 2 aliphatic carbocycles. The second kappa shape index (κ2) is 4.85. The van der Waals surface area contributed by atoms with Crippen LogP contribution in [0.5, 0.6) is 0 Å². The summed E-state index contributed by atoms with van der Waals surface area (Å²) in [4.78, 5) is 31.3. The van der Waals surface area contributed by atoms with Crippen LogP contribution in [0.1, 0.15) is 59.5 Å². The maximum Gasteiger partial charge on any atom is 0.272 e. The van der Waals surface area contributed by atoms with Crippen molar-refractivity contribution in [3.05, 3.63) is 23.8 Å². The van der Waals surface area contributed by atoms with Crippen molar-refractivity contribution in [2.75, 3.05) is 0 Å². The molecule has 3 rings (SSSR count). The topological polar surface area (TPSA) is 98.0 Å². The van der Waals surface area contributed by atoms with Crippen LogP contribution in [0.25, 0.3) is 0 Å². The minimum Gasteiger partial charge on any atom is -0.364 e. The first-order chi connectivity index (χ1) is 9.62. The van der Waals surface area contributed by atoms with Crippen molar-refractivity contribution in [1.82, 2.24) is 15.3 Å². The molecule has 1 aromatic rings. The summed E-state index contributed by atoms with van der Waals surface area (Å²) >= 11 is 0. The first-order valence-corrected chi connectivity index (χ1v) is 7.04. The van der Waals surface area contributed by atoms with Crippen LogP contribution in [0.3, 0.4) is 0 Å². The molecule has 0 aliphatic heterocycles. The highest BCUT2D eigenvalue weighted by Gasteiger charge is 2.54. The van der Waals surface area contributed by atoms with Gasteiger partial charge in [0.2, 0.25) is 0 Å². The molecular formula is C14H18N4O2. The van der Waals surface area contributed by atoms with Crippen LogP contribution in [0, 0.1) is 5.41 Å². The Hall–Kier alpha value is -1.98. The fourth-order valence-corrected chi connectivity index (χ4v) is 3.27. The Morgan fingerprint density at radius 3 is 2.45 bits per heavy atom. The molecule has 6 heteroatoms. The van der Waals surface area contributed by atoms with E-state index in [0.29, 0.717) is 5.41 Å².